The molecule has 4 heteroatoms. The van der Waals surface area contributed by atoms with E-state index in [0.717, 1.165) is 11.1 Å². The van der Waals surface area contributed by atoms with Gasteiger partial charge in [0.15, 0.2) is 0 Å². The van der Waals surface area contributed by atoms with Crippen molar-refractivity contribution in [3.05, 3.63) is 34.9 Å². The maximum atomic E-state index is 13.4. The van der Waals surface area contributed by atoms with E-state index in [9.17, 15) is 13.6 Å². The van der Waals surface area contributed by atoms with Crippen LogP contribution in [-0.2, 0) is 4.74 Å². The third-order valence-corrected chi connectivity index (χ3v) is 4.06. The van der Waals surface area contributed by atoms with E-state index in [1.165, 1.54) is 0 Å². The smallest absolute Gasteiger partial charge is 0.339 e. The highest BCUT2D eigenvalue weighted by Gasteiger charge is 2.37. The topological polar surface area (TPSA) is 26.3 Å². The fourth-order valence-electron chi connectivity index (χ4n) is 2.99. The molecule has 122 valence electrons. The molecule has 1 aromatic carbocycles. The average molecular weight is 310 g/mol. The number of esters is 1. The van der Waals surface area contributed by atoms with Crippen molar-refractivity contribution in [3.63, 3.8) is 0 Å². The third-order valence-electron chi connectivity index (χ3n) is 4.06. The maximum Gasteiger partial charge on any atom is 0.339 e. The van der Waals surface area contributed by atoms with Crippen molar-refractivity contribution in [2.45, 2.75) is 70.8 Å². The van der Waals surface area contributed by atoms with Gasteiger partial charge in [0.2, 0.25) is 5.92 Å². The molecule has 0 N–H and O–H groups in total. The number of halogens is 2. The van der Waals surface area contributed by atoms with Crippen LogP contribution in [0.5, 0.6) is 0 Å². The van der Waals surface area contributed by atoms with Crippen molar-refractivity contribution in [2.75, 3.05) is 0 Å². The highest BCUT2D eigenvalue weighted by atomic mass is 19.3. The number of rotatable bonds is 2. The summed E-state index contributed by atoms with van der Waals surface area (Å²) in [4.78, 5) is 12.5. The number of aryl methyl sites for hydroxylation is 1. The minimum absolute atomic E-state index is 0.00189. The number of hydrogen-bond donors (Lipinski definition) is 0. The van der Waals surface area contributed by atoms with Gasteiger partial charge in [-0.3, -0.25) is 0 Å². The van der Waals surface area contributed by atoms with E-state index in [0.29, 0.717) is 18.4 Å². The van der Waals surface area contributed by atoms with Crippen molar-refractivity contribution >= 4 is 5.97 Å². The summed E-state index contributed by atoms with van der Waals surface area (Å²) >= 11 is 0. The summed E-state index contributed by atoms with van der Waals surface area (Å²) in [5.74, 6) is -2.92. The molecule has 1 fully saturated rings. The molecule has 0 radical (unpaired) electrons. The van der Waals surface area contributed by atoms with Crippen molar-refractivity contribution in [1.29, 1.82) is 0 Å². The summed E-state index contributed by atoms with van der Waals surface area (Å²) < 4.78 is 32.2. The molecule has 0 spiro atoms. The number of ether oxygens (including phenoxy) is 1. The number of carbonyl (C=O) groups excluding carboxylic acids is 1. The number of benzene rings is 1. The first-order chi connectivity index (χ1) is 10.1. The van der Waals surface area contributed by atoms with Gasteiger partial charge in [0.05, 0.1) is 5.56 Å². The molecular formula is C18H24F2O2. The first kappa shape index (κ1) is 16.9. The van der Waals surface area contributed by atoms with Gasteiger partial charge in [-0.05, 0) is 57.6 Å². The van der Waals surface area contributed by atoms with E-state index in [2.05, 4.69) is 0 Å². The molecule has 0 unspecified atom stereocenters. The molecule has 0 heterocycles. The largest absolute Gasteiger partial charge is 0.456 e. The molecule has 0 amide bonds. The van der Waals surface area contributed by atoms with Crippen LogP contribution >= 0.6 is 0 Å². The van der Waals surface area contributed by atoms with E-state index < -0.39 is 11.5 Å². The Labute approximate surface area is 130 Å². The first-order valence-electron chi connectivity index (χ1n) is 7.80. The number of carbonyl (C=O) groups is 1. The monoisotopic (exact) mass is 310 g/mol. The summed E-state index contributed by atoms with van der Waals surface area (Å²) in [6.45, 7) is 7.33. The van der Waals surface area contributed by atoms with Crippen molar-refractivity contribution in [1.82, 2.24) is 0 Å². The lowest BCUT2D eigenvalue weighted by Gasteiger charge is -2.30. The normalized spacial score (nSPS) is 19.0. The summed E-state index contributed by atoms with van der Waals surface area (Å²) in [5, 5.41) is 0. The Kier molecular flexibility index (Phi) is 4.59. The summed E-state index contributed by atoms with van der Waals surface area (Å²) in [7, 11) is 0. The molecule has 1 saturated carbocycles. The predicted octanol–water partition coefficient (Wildman–Crippen LogP) is 5.24. The van der Waals surface area contributed by atoms with Gasteiger partial charge in [-0.1, -0.05) is 18.2 Å². The molecule has 1 aliphatic rings. The van der Waals surface area contributed by atoms with Crippen LogP contribution in [0.1, 0.15) is 73.9 Å². The van der Waals surface area contributed by atoms with Gasteiger partial charge in [0.25, 0.3) is 0 Å². The molecule has 1 aromatic rings. The Morgan fingerprint density at radius 3 is 2.36 bits per heavy atom. The van der Waals surface area contributed by atoms with E-state index in [1.807, 2.05) is 45.9 Å². The van der Waals surface area contributed by atoms with Crippen LogP contribution in [0.2, 0.25) is 0 Å². The van der Waals surface area contributed by atoms with Crippen LogP contribution < -0.4 is 0 Å². The Hall–Kier alpha value is -1.45. The van der Waals surface area contributed by atoms with Gasteiger partial charge < -0.3 is 4.74 Å². The molecular weight excluding hydrogens is 286 g/mol. The minimum atomic E-state index is -2.56. The second-order valence-electron chi connectivity index (χ2n) is 7.17. The third kappa shape index (κ3) is 4.05. The number of alkyl halides is 2. The van der Waals surface area contributed by atoms with Crippen LogP contribution in [0.4, 0.5) is 8.78 Å². The zero-order valence-corrected chi connectivity index (χ0v) is 13.7. The number of hydrogen-bond acceptors (Lipinski definition) is 2. The summed E-state index contributed by atoms with van der Waals surface area (Å²) in [5.41, 5.74) is 1.66. The predicted molar refractivity (Wildman–Crippen MR) is 82.5 cm³/mol. The van der Waals surface area contributed by atoms with Gasteiger partial charge in [0.1, 0.15) is 5.60 Å². The fourth-order valence-corrected chi connectivity index (χ4v) is 2.99. The molecule has 0 atom stereocenters. The summed E-state index contributed by atoms with van der Waals surface area (Å²) in [6, 6.07) is 5.62. The maximum absolute atomic E-state index is 13.4. The Morgan fingerprint density at radius 2 is 1.82 bits per heavy atom. The van der Waals surface area contributed by atoms with Gasteiger partial charge in [-0.15, -0.1) is 0 Å². The van der Waals surface area contributed by atoms with Crippen molar-refractivity contribution in [2.24, 2.45) is 0 Å². The van der Waals surface area contributed by atoms with Crippen LogP contribution in [-0.4, -0.2) is 17.5 Å². The second-order valence-corrected chi connectivity index (χ2v) is 7.17. The summed E-state index contributed by atoms with van der Waals surface area (Å²) in [6.07, 6.45) is 0.594. The SMILES string of the molecule is Cc1cccc(C2CCC(F)(F)CC2)c1C(=O)OC(C)(C)C. The van der Waals surface area contributed by atoms with E-state index in [4.69, 9.17) is 4.74 Å². The highest BCUT2D eigenvalue weighted by Crippen LogP contribution is 2.42. The van der Waals surface area contributed by atoms with Crippen molar-refractivity contribution < 1.29 is 18.3 Å². The molecule has 0 aromatic heterocycles. The Morgan fingerprint density at radius 1 is 1.23 bits per heavy atom. The van der Waals surface area contributed by atoms with Gasteiger partial charge in [-0.2, -0.15) is 0 Å². The zero-order valence-electron chi connectivity index (χ0n) is 13.7. The minimum Gasteiger partial charge on any atom is -0.456 e. The molecule has 2 nitrogen and oxygen atoms in total. The van der Waals surface area contributed by atoms with Gasteiger partial charge in [0, 0.05) is 12.8 Å². The van der Waals surface area contributed by atoms with Crippen LogP contribution in [0.3, 0.4) is 0 Å². The van der Waals surface area contributed by atoms with E-state index >= 15 is 0 Å². The standard InChI is InChI=1S/C18H24F2O2/c1-12-6-5-7-14(13-8-10-18(19,20)11-9-13)15(12)16(21)22-17(2,3)4/h5-7,13H,8-11H2,1-4H3. The van der Waals surface area contributed by atoms with E-state index in [-0.39, 0.29) is 24.7 Å². The molecule has 22 heavy (non-hydrogen) atoms. The van der Waals surface area contributed by atoms with Crippen LogP contribution in [0.25, 0.3) is 0 Å². The molecule has 1 aliphatic carbocycles. The first-order valence-corrected chi connectivity index (χ1v) is 7.80. The van der Waals surface area contributed by atoms with Crippen LogP contribution in [0, 0.1) is 6.92 Å². The highest BCUT2D eigenvalue weighted by molar-refractivity contribution is 5.93. The van der Waals surface area contributed by atoms with Crippen LogP contribution in [0.15, 0.2) is 18.2 Å². The fraction of sp³-hybridized carbons (Fsp3) is 0.611. The lowest BCUT2D eigenvalue weighted by Crippen LogP contribution is -2.27. The zero-order chi connectivity index (χ0) is 16.5. The lowest BCUT2D eigenvalue weighted by molar-refractivity contribution is -0.0382. The molecule has 2 rings (SSSR count). The average Bonchev–Trinajstić information content (AvgIpc) is 2.36. The second kappa shape index (κ2) is 5.98. The molecule has 0 aliphatic heterocycles. The van der Waals surface area contributed by atoms with Gasteiger partial charge >= 0.3 is 5.97 Å². The lowest BCUT2D eigenvalue weighted by atomic mass is 9.79. The van der Waals surface area contributed by atoms with E-state index in [1.54, 1.807) is 0 Å². The van der Waals surface area contributed by atoms with Crippen molar-refractivity contribution in [3.8, 4) is 0 Å². The Bertz CT molecular complexity index is 549. The molecule has 0 bridgehead atoms. The van der Waals surface area contributed by atoms with Gasteiger partial charge in [-0.25, -0.2) is 13.6 Å². The molecule has 0 saturated heterocycles. The Balaban J connectivity index is 2.29. The quantitative estimate of drug-likeness (QED) is 0.698.